The summed E-state index contributed by atoms with van der Waals surface area (Å²) in [5.74, 6) is -0.953. The normalized spacial score (nSPS) is 25.0. The lowest BCUT2D eigenvalue weighted by molar-refractivity contribution is -0.150. The van der Waals surface area contributed by atoms with Crippen LogP contribution in [0.15, 0.2) is 31.6 Å². The van der Waals surface area contributed by atoms with Crippen LogP contribution in [0.25, 0.3) is 0 Å². The molecule has 0 bridgehead atoms. The molecular weight excluding hydrogens is 661 g/mol. The summed E-state index contributed by atoms with van der Waals surface area (Å²) >= 11 is 0. The number of phosphoric ester groups is 1. The maximum Gasteiger partial charge on any atom is 0.475 e. The van der Waals surface area contributed by atoms with E-state index in [1.165, 1.54) is 33.2 Å². The smallest absolute Gasteiger partial charge is 0.463 e. The van der Waals surface area contributed by atoms with Crippen molar-refractivity contribution in [2.45, 2.75) is 89.7 Å². The minimum Gasteiger partial charge on any atom is -0.463 e. The van der Waals surface area contributed by atoms with Gasteiger partial charge >= 0.3 is 25.2 Å². The molecule has 7 atom stereocenters. The predicted octanol–water partition coefficient (Wildman–Crippen LogP) is -0.00788. The molecule has 20 heteroatoms. The fourth-order valence-electron chi connectivity index (χ4n) is 4.93. The van der Waals surface area contributed by atoms with Gasteiger partial charge in [-0.1, -0.05) is 0 Å². The summed E-state index contributed by atoms with van der Waals surface area (Å²) in [5.41, 5.74) is -2.34. The van der Waals surface area contributed by atoms with Gasteiger partial charge in [0.1, 0.15) is 43.2 Å². The number of aliphatic hydroxyl groups excluding tert-OH is 1. The van der Waals surface area contributed by atoms with Gasteiger partial charge in [0, 0.05) is 42.8 Å². The summed E-state index contributed by atoms with van der Waals surface area (Å²) < 4.78 is 49.8. The second-order valence-electron chi connectivity index (χ2n) is 11.3. The summed E-state index contributed by atoms with van der Waals surface area (Å²) in [5, 5.41) is 19.6. The quantitative estimate of drug-likeness (QED) is 0.126. The Balaban J connectivity index is 1.52. The molecule has 0 spiro atoms. The summed E-state index contributed by atoms with van der Waals surface area (Å²) in [4.78, 5) is 76.4. The number of carbonyl (C=O) groups excluding carboxylic acids is 2. The van der Waals surface area contributed by atoms with Crippen molar-refractivity contribution in [2.75, 3.05) is 19.8 Å². The second-order valence-corrected chi connectivity index (χ2v) is 12.9. The number of hydrogen-bond donors (Lipinski definition) is 3. The van der Waals surface area contributed by atoms with E-state index in [2.05, 4.69) is 9.97 Å². The van der Waals surface area contributed by atoms with Crippen molar-refractivity contribution in [3.05, 3.63) is 65.2 Å². The summed E-state index contributed by atoms with van der Waals surface area (Å²) in [6.45, 7) is 2.85. The second kappa shape index (κ2) is 15.9. The first kappa shape index (κ1) is 36.8. The average molecular weight is 698 g/mol. The number of aryl methyl sites for hydroxylation is 2. The van der Waals surface area contributed by atoms with Crippen molar-refractivity contribution in [2.24, 2.45) is 0 Å². The summed E-state index contributed by atoms with van der Waals surface area (Å²) in [6, 6.07) is 1.83. The number of phosphoric acid groups is 1. The molecule has 0 radical (unpaired) electrons. The topological polar surface area (TPSA) is 260 Å². The molecule has 4 rings (SSSR count). The predicted molar refractivity (Wildman–Crippen MR) is 161 cm³/mol. The molecule has 48 heavy (non-hydrogen) atoms. The zero-order valence-corrected chi connectivity index (χ0v) is 27.2. The largest absolute Gasteiger partial charge is 0.475 e. The highest BCUT2D eigenvalue weighted by Crippen LogP contribution is 2.53. The molecule has 0 saturated carbocycles. The van der Waals surface area contributed by atoms with Gasteiger partial charge in [0.25, 0.3) is 11.1 Å². The standard InChI is InChI=1S/C28H36N5O14P/c1-15-11-32(27(39)30-25(15)37)22-9-18(35)20(45-22)14-44-48(41,43-8-4-7-29)47-19-10-23(33-12-16(2)26(38)31-28(33)40)46-21(19)13-42-24(36)6-5-17(3)34/h11-12,18-23,35H,4-6,8-10,13-14H2,1-3H3,(H,30,37,39)(H,31,38,40). The Kier molecular flexibility index (Phi) is 12.2. The maximum atomic E-state index is 13.9. The Labute approximate surface area is 271 Å². The number of hydrogen-bond acceptors (Lipinski definition) is 15. The van der Waals surface area contributed by atoms with E-state index < -0.39 is 93.0 Å². The minimum atomic E-state index is -4.62. The number of carbonyl (C=O) groups is 2. The molecule has 2 aliphatic heterocycles. The average Bonchev–Trinajstić information content (AvgIpc) is 3.59. The van der Waals surface area contributed by atoms with Crippen molar-refractivity contribution in [3.8, 4) is 6.07 Å². The van der Waals surface area contributed by atoms with Gasteiger partial charge in [-0.3, -0.25) is 47.1 Å². The van der Waals surface area contributed by atoms with Crippen LogP contribution in [0.4, 0.5) is 0 Å². The monoisotopic (exact) mass is 697 g/mol. The molecule has 2 aromatic rings. The molecule has 2 saturated heterocycles. The number of nitriles is 1. The van der Waals surface area contributed by atoms with E-state index in [-0.39, 0.29) is 49.0 Å². The first-order valence-corrected chi connectivity index (χ1v) is 16.4. The fourth-order valence-corrected chi connectivity index (χ4v) is 6.32. The molecule has 2 aliphatic rings. The number of Topliss-reactive ketones (excluding diaryl/α,β-unsaturated/α-hetero) is 1. The Morgan fingerprint density at radius 3 is 2.12 bits per heavy atom. The highest BCUT2D eigenvalue weighted by Gasteiger charge is 2.45. The van der Waals surface area contributed by atoms with Gasteiger partial charge in [0.2, 0.25) is 0 Å². The number of aromatic nitrogens is 4. The van der Waals surface area contributed by atoms with Crippen LogP contribution in [-0.4, -0.2) is 80.2 Å². The number of aliphatic hydroxyl groups is 1. The van der Waals surface area contributed by atoms with Crippen molar-refractivity contribution >= 4 is 19.6 Å². The van der Waals surface area contributed by atoms with Gasteiger partial charge in [-0.2, -0.15) is 5.26 Å². The number of H-pyrrole nitrogens is 2. The highest BCUT2D eigenvalue weighted by molar-refractivity contribution is 7.48. The Bertz CT molecular complexity index is 1830. The molecule has 19 nitrogen and oxygen atoms in total. The summed E-state index contributed by atoms with van der Waals surface area (Å²) in [7, 11) is -4.62. The Hall–Kier alpha value is -4.02. The van der Waals surface area contributed by atoms with Crippen LogP contribution in [-0.2, 0) is 41.9 Å². The van der Waals surface area contributed by atoms with Crippen molar-refractivity contribution in [1.29, 1.82) is 5.26 Å². The van der Waals surface area contributed by atoms with E-state index in [9.17, 15) is 38.4 Å². The van der Waals surface area contributed by atoms with Crippen LogP contribution in [0.5, 0.6) is 0 Å². The Morgan fingerprint density at radius 1 is 0.958 bits per heavy atom. The molecule has 2 aromatic heterocycles. The van der Waals surface area contributed by atoms with Crippen LogP contribution in [0.3, 0.4) is 0 Å². The van der Waals surface area contributed by atoms with Gasteiger partial charge in [-0.25, -0.2) is 14.2 Å². The fraction of sp³-hybridized carbons (Fsp3) is 0.607. The van der Waals surface area contributed by atoms with Gasteiger partial charge in [-0.05, 0) is 20.8 Å². The van der Waals surface area contributed by atoms with Crippen molar-refractivity contribution in [1.82, 2.24) is 19.1 Å². The minimum absolute atomic E-state index is 0.0544. The van der Waals surface area contributed by atoms with Crippen LogP contribution >= 0.6 is 7.82 Å². The number of ether oxygens (including phenoxy) is 3. The third-order valence-electron chi connectivity index (χ3n) is 7.51. The Morgan fingerprint density at radius 2 is 1.54 bits per heavy atom. The lowest BCUT2D eigenvalue weighted by Gasteiger charge is -2.25. The van der Waals surface area contributed by atoms with Crippen LogP contribution in [0.2, 0.25) is 0 Å². The number of nitrogens with zero attached hydrogens (tertiary/aromatic N) is 3. The third kappa shape index (κ3) is 9.32. The zero-order valence-electron chi connectivity index (χ0n) is 26.3. The van der Waals surface area contributed by atoms with Gasteiger partial charge in [-0.15, -0.1) is 0 Å². The third-order valence-corrected chi connectivity index (χ3v) is 9.00. The molecule has 0 amide bonds. The maximum absolute atomic E-state index is 13.9. The zero-order chi connectivity index (χ0) is 35.2. The molecule has 0 aromatic carbocycles. The number of nitrogens with one attached hydrogen (secondary N) is 2. The number of aromatic amines is 2. The molecule has 262 valence electrons. The van der Waals surface area contributed by atoms with E-state index in [0.717, 1.165) is 9.13 Å². The van der Waals surface area contributed by atoms with Gasteiger partial charge in [0.15, 0.2) is 0 Å². The van der Waals surface area contributed by atoms with E-state index in [0.29, 0.717) is 0 Å². The molecule has 0 aliphatic carbocycles. The number of ketones is 1. The van der Waals surface area contributed by atoms with E-state index in [1.807, 2.05) is 6.07 Å². The van der Waals surface area contributed by atoms with Crippen LogP contribution in [0, 0.1) is 25.2 Å². The first-order chi connectivity index (χ1) is 22.7. The molecule has 4 heterocycles. The number of esters is 1. The number of rotatable bonds is 15. The molecule has 7 unspecified atom stereocenters. The lowest BCUT2D eigenvalue weighted by atomic mass is 10.2. The van der Waals surface area contributed by atoms with E-state index in [1.54, 1.807) is 0 Å². The van der Waals surface area contributed by atoms with Crippen LogP contribution in [0.1, 0.15) is 62.6 Å². The molecule has 3 N–H and O–H groups in total. The lowest BCUT2D eigenvalue weighted by Crippen LogP contribution is -2.33. The van der Waals surface area contributed by atoms with Gasteiger partial charge in [0.05, 0.1) is 38.2 Å². The summed E-state index contributed by atoms with van der Waals surface area (Å²) in [6.07, 6.45) is -4.99. The first-order valence-electron chi connectivity index (χ1n) is 14.9. The van der Waals surface area contributed by atoms with E-state index in [4.69, 9.17) is 33.0 Å². The van der Waals surface area contributed by atoms with Crippen molar-refractivity contribution < 1.29 is 47.0 Å². The molecule has 2 fully saturated rings. The molecular formula is C28H36N5O14P. The van der Waals surface area contributed by atoms with Crippen LogP contribution < -0.4 is 22.5 Å². The SMILES string of the molecule is CC(=O)CCC(=O)OCC1OC(n2cc(C)c(=O)[nH]c2=O)CC1OP(=O)(OCCC#N)OCC1OC(n2cc(C)c(=O)[nH]c2=O)CC1O. The highest BCUT2D eigenvalue weighted by atomic mass is 31.2. The van der Waals surface area contributed by atoms with E-state index >= 15 is 0 Å². The van der Waals surface area contributed by atoms with Gasteiger partial charge < -0.3 is 24.1 Å². The van der Waals surface area contributed by atoms with Crippen molar-refractivity contribution in [3.63, 3.8) is 0 Å².